The van der Waals surface area contributed by atoms with Gasteiger partial charge in [-0.2, -0.15) is 0 Å². The fourth-order valence-corrected chi connectivity index (χ4v) is 5.24. The van der Waals surface area contributed by atoms with E-state index in [1.807, 2.05) is 0 Å². The monoisotopic (exact) mass is 506 g/mol. The average molecular weight is 506 g/mol. The van der Waals surface area contributed by atoms with Crippen LogP contribution in [0.5, 0.6) is 0 Å². The van der Waals surface area contributed by atoms with E-state index in [9.17, 15) is 21.8 Å². The maximum atomic E-state index is 13.3. The maximum absolute atomic E-state index is 13.3. The number of halogens is 3. The Labute approximate surface area is 166 Å². The molecule has 0 fully saturated rings. The molecule has 0 aliphatic heterocycles. The van der Waals surface area contributed by atoms with Crippen LogP contribution in [0.3, 0.4) is 0 Å². The Balaban J connectivity index is 0.000000197. The van der Waals surface area contributed by atoms with Crippen LogP contribution in [-0.2, 0) is 10.1 Å². The fourth-order valence-electron chi connectivity index (χ4n) is 1.89. The number of benzene rings is 2. The molecule has 0 aromatic heterocycles. The van der Waals surface area contributed by atoms with Gasteiger partial charge in [-0.3, -0.25) is 0 Å². The first-order valence-corrected chi connectivity index (χ1v) is 11.3. The van der Waals surface area contributed by atoms with Crippen LogP contribution >= 0.6 is 12.2 Å². The lowest BCUT2D eigenvalue weighted by atomic mass is 10.2. The van der Waals surface area contributed by atoms with Gasteiger partial charge in [0.1, 0.15) is 10.1 Å². The molecule has 1 aliphatic carbocycles. The third-order valence-electron chi connectivity index (χ3n) is 3.08. The molecule has 26 heavy (non-hydrogen) atoms. The van der Waals surface area contributed by atoms with Gasteiger partial charge in [0, 0.05) is 11.3 Å². The summed E-state index contributed by atoms with van der Waals surface area (Å²) in [4.78, 5) is -0.0718. The van der Waals surface area contributed by atoms with Gasteiger partial charge in [0.2, 0.25) is 7.14 Å². The topological polar surface area (TPSA) is 57.2 Å². The van der Waals surface area contributed by atoms with Crippen molar-refractivity contribution in [2.24, 2.45) is 0 Å². The van der Waals surface area contributed by atoms with Crippen molar-refractivity contribution < 1.29 is 43.0 Å². The Hall–Kier alpha value is -1.49. The third-order valence-corrected chi connectivity index (χ3v) is 7.43. The van der Waals surface area contributed by atoms with E-state index in [0.29, 0.717) is 13.6 Å². The predicted molar refractivity (Wildman–Crippen MR) is 94.3 cm³/mol. The summed E-state index contributed by atoms with van der Waals surface area (Å²) in [7, 11) is -4.36. The molecule has 0 saturated carbocycles. The molecule has 0 amide bonds. The van der Waals surface area contributed by atoms with Gasteiger partial charge in [0.25, 0.3) is 0 Å². The van der Waals surface area contributed by atoms with E-state index in [-0.39, 0.29) is 21.4 Å². The van der Waals surface area contributed by atoms with Gasteiger partial charge in [-0.1, -0.05) is 48.6 Å². The highest BCUT2D eigenvalue weighted by Gasteiger charge is 2.22. The highest BCUT2D eigenvalue weighted by atomic mass is 127. The van der Waals surface area contributed by atoms with Crippen LogP contribution in [0.4, 0.5) is 8.78 Å². The molecule has 0 saturated heterocycles. The summed E-state index contributed by atoms with van der Waals surface area (Å²) in [5.74, 6) is -0.484. The van der Waals surface area contributed by atoms with Gasteiger partial charge in [-0.25, -0.2) is 17.2 Å². The molecule has 136 valence electrons. The maximum Gasteiger partial charge on any atom is 0.364 e. The molecule has 0 radical (unpaired) electrons. The summed E-state index contributed by atoms with van der Waals surface area (Å²) < 4.78 is 59.2. The molecular formula is C18H13F2IO3S2. The van der Waals surface area contributed by atoms with Crippen molar-refractivity contribution in [1.29, 1.82) is 0 Å². The Morgan fingerprint density at radius 1 is 0.962 bits per heavy atom. The lowest BCUT2D eigenvalue weighted by molar-refractivity contribution is -0.603. The number of thiocarbonyl (C=S) groups is 1. The van der Waals surface area contributed by atoms with Crippen LogP contribution in [0.2, 0.25) is 0 Å². The van der Waals surface area contributed by atoms with Crippen molar-refractivity contribution in [3.63, 3.8) is 0 Å². The molecule has 8 heteroatoms. The van der Waals surface area contributed by atoms with Crippen molar-refractivity contribution in [3.8, 4) is 0 Å². The Bertz CT molecular complexity index is 926. The molecule has 2 aromatic rings. The summed E-state index contributed by atoms with van der Waals surface area (Å²) in [6, 6.07) is 13.1. The number of allylic oxidation sites excluding steroid dienone is 4. The lowest BCUT2D eigenvalue weighted by Crippen LogP contribution is -3.62. The lowest BCUT2D eigenvalue weighted by Gasteiger charge is -2.13. The van der Waals surface area contributed by atoms with E-state index in [4.69, 9.17) is 0 Å². The van der Waals surface area contributed by atoms with Gasteiger partial charge in [0.15, 0.2) is 11.6 Å². The first-order chi connectivity index (χ1) is 12.3. The zero-order valence-electron chi connectivity index (χ0n) is 13.2. The smallest absolute Gasteiger partial charge is 0.364 e. The van der Waals surface area contributed by atoms with Gasteiger partial charge in [-0.05, 0) is 30.3 Å². The second kappa shape index (κ2) is 9.45. The first-order valence-electron chi connectivity index (χ1n) is 7.29. The normalized spacial score (nSPS) is 13.7. The molecule has 2 aromatic carbocycles. The van der Waals surface area contributed by atoms with Crippen LogP contribution in [0.1, 0.15) is 6.42 Å². The molecule has 0 bridgehead atoms. The molecular weight excluding hydrogens is 493 g/mol. The largest absolute Gasteiger partial charge is 0.744 e. The zero-order chi connectivity index (χ0) is 19.2. The molecule has 0 spiro atoms. The second-order valence-electron chi connectivity index (χ2n) is 4.96. The van der Waals surface area contributed by atoms with Crippen LogP contribution in [-0.4, -0.2) is 17.8 Å². The molecule has 0 atom stereocenters. The van der Waals surface area contributed by atoms with Crippen LogP contribution < -0.4 is 21.2 Å². The highest BCUT2D eigenvalue weighted by Crippen LogP contribution is 2.14. The minimum absolute atomic E-state index is 0.197. The van der Waals surface area contributed by atoms with Crippen molar-refractivity contribution >= 4 is 27.2 Å². The number of hydrogen-bond acceptors (Lipinski definition) is 4. The Morgan fingerprint density at radius 3 is 1.85 bits per heavy atom. The van der Waals surface area contributed by atoms with Gasteiger partial charge in [0.05, 0.1) is 4.91 Å². The minimum Gasteiger partial charge on any atom is -0.744 e. The van der Waals surface area contributed by atoms with E-state index in [1.165, 1.54) is 24.3 Å². The highest BCUT2D eigenvalue weighted by molar-refractivity contribution is 7.93. The third kappa shape index (κ3) is 6.04. The van der Waals surface area contributed by atoms with E-state index in [1.54, 1.807) is 42.5 Å². The van der Waals surface area contributed by atoms with Crippen LogP contribution in [0, 0.1) is 18.8 Å². The summed E-state index contributed by atoms with van der Waals surface area (Å²) >= 11 is 3.91. The van der Waals surface area contributed by atoms with Crippen LogP contribution in [0.15, 0.2) is 71.7 Å². The van der Waals surface area contributed by atoms with E-state index in [2.05, 4.69) is 12.2 Å². The van der Waals surface area contributed by atoms with Crippen molar-refractivity contribution in [3.05, 3.63) is 90.4 Å². The number of hydrogen-bond donors (Lipinski definition) is 0. The van der Waals surface area contributed by atoms with Crippen LogP contribution in [0.25, 0.3) is 0 Å². The molecule has 0 unspecified atom stereocenters. The minimum atomic E-state index is -4.36. The summed E-state index contributed by atoms with van der Waals surface area (Å²) in [5.41, 5.74) is 0. The van der Waals surface area contributed by atoms with E-state index < -0.39 is 31.3 Å². The average Bonchev–Trinajstić information content (AvgIpc) is 2.59. The fraction of sp³-hybridized carbons (Fsp3) is 0.0556. The Kier molecular flexibility index (Phi) is 7.56. The summed E-state index contributed by atoms with van der Waals surface area (Å²) in [6.07, 6.45) is 4.81. The van der Waals surface area contributed by atoms with Gasteiger partial charge >= 0.3 is 21.2 Å². The summed E-state index contributed by atoms with van der Waals surface area (Å²) in [5, 5.41) is 0. The Morgan fingerprint density at radius 2 is 1.46 bits per heavy atom. The molecule has 0 heterocycles. The predicted octanol–water partition coefficient (Wildman–Crippen LogP) is 0.838. The zero-order valence-corrected chi connectivity index (χ0v) is 17.0. The SMILES string of the molecule is Fc1ccccc1[I+]c1ccccc1F.O=S(=O)([O-])C1=CC=CCC1=S. The van der Waals surface area contributed by atoms with Crippen molar-refractivity contribution in [2.45, 2.75) is 6.42 Å². The first kappa shape index (κ1) is 20.8. The molecule has 3 nitrogen and oxygen atoms in total. The second-order valence-corrected chi connectivity index (χ2v) is 9.67. The number of rotatable bonds is 3. The summed E-state index contributed by atoms with van der Waals surface area (Å²) in [6.45, 7) is 0. The van der Waals surface area contributed by atoms with E-state index in [0.717, 1.165) is 0 Å². The van der Waals surface area contributed by atoms with Crippen molar-refractivity contribution in [1.82, 2.24) is 0 Å². The van der Waals surface area contributed by atoms with E-state index >= 15 is 0 Å². The van der Waals surface area contributed by atoms with Gasteiger partial charge < -0.3 is 4.55 Å². The molecule has 0 N–H and O–H groups in total. The molecule has 3 rings (SSSR count). The van der Waals surface area contributed by atoms with Crippen molar-refractivity contribution in [2.75, 3.05) is 0 Å². The quantitative estimate of drug-likeness (QED) is 0.352. The standard InChI is InChI=1S/C12H8F2I.C6H6O3S2/c13-9-5-1-3-7-11(9)15-12-8-4-2-6-10(12)14;7-11(8,9)6-4-2-1-3-5(6)10/h1-8H;1-2,4H,3H2,(H,7,8,9)/q+1;/p-1. The molecule has 1 aliphatic rings. The van der Waals surface area contributed by atoms with Gasteiger partial charge in [-0.15, -0.1) is 0 Å².